The molecule has 0 saturated carbocycles. The number of nitrogens with one attached hydrogen (secondary N) is 1. The first-order valence-corrected chi connectivity index (χ1v) is 6.61. The highest BCUT2D eigenvalue weighted by Crippen LogP contribution is 2.20. The Kier molecular flexibility index (Phi) is 3.81. The van der Waals surface area contributed by atoms with Crippen LogP contribution in [-0.4, -0.2) is 40.1 Å². The summed E-state index contributed by atoms with van der Waals surface area (Å²) >= 11 is 1.50. The SMILES string of the molecule is CC(NC(=O)N1CC(CC(=O)O)C1)c1nccs1. The summed E-state index contributed by atoms with van der Waals surface area (Å²) in [5, 5.41) is 14.2. The van der Waals surface area contributed by atoms with Crippen LogP contribution in [0.15, 0.2) is 11.6 Å². The normalized spacial score (nSPS) is 17.1. The summed E-state index contributed by atoms with van der Waals surface area (Å²) in [4.78, 5) is 28.0. The van der Waals surface area contributed by atoms with Crippen molar-refractivity contribution >= 4 is 23.3 Å². The van der Waals surface area contributed by atoms with Crippen molar-refractivity contribution in [1.82, 2.24) is 15.2 Å². The second-order valence-corrected chi connectivity index (χ2v) is 5.34. The molecule has 2 rings (SSSR count). The lowest BCUT2D eigenvalue weighted by Gasteiger charge is -2.38. The largest absolute Gasteiger partial charge is 0.481 e. The quantitative estimate of drug-likeness (QED) is 0.863. The number of carboxylic acid groups (broad SMARTS) is 1. The van der Waals surface area contributed by atoms with Crippen molar-refractivity contribution in [3.05, 3.63) is 16.6 Å². The van der Waals surface area contributed by atoms with Gasteiger partial charge in [0, 0.05) is 30.6 Å². The third-order valence-corrected chi connectivity index (χ3v) is 3.83. The summed E-state index contributed by atoms with van der Waals surface area (Å²) in [7, 11) is 0. The minimum atomic E-state index is -0.809. The number of urea groups is 1. The molecule has 0 radical (unpaired) electrons. The number of carboxylic acids is 1. The predicted molar refractivity (Wildman–Crippen MR) is 66.4 cm³/mol. The Morgan fingerprint density at radius 3 is 2.94 bits per heavy atom. The van der Waals surface area contributed by atoms with Gasteiger partial charge in [0.15, 0.2) is 0 Å². The van der Waals surface area contributed by atoms with Crippen molar-refractivity contribution in [2.45, 2.75) is 19.4 Å². The summed E-state index contributed by atoms with van der Waals surface area (Å²) in [6.07, 6.45) is 1.83. The van der Waals surface area contributed by atoms with Crippen LogP contribution in [0.5, 0.6) is 0 Å². The monoisotopic (exact) mass is 269 g/mol. The van der Waals surface area contributed by atoms with Gasteiger partial charge in [0.1, 0.15) is 5.01 Å². The lowest BCUT2D eigenvalue weighted by atomic mass is 9.97. The molecule has 2 heterocycles. The number of likely N-dealkylation sites (tertiary alicyclic amines) is 1. The third-order valence-electron chi connectivity index (χ3n) is 2.87. The van der Waals surface area contributed by atoms with E-state index in [1.165, 1.54) is 11.3 Å². The van der Waals surface area contributed by atoms with Gasteiger partial charge in [-0.15, -0.1) is 11.3 Å². The van der Waals surface area contributed by atoms with Gasteiger partial charge in [0.05, 0.1) is 12.5 Å². The first-order valence-electron chi connectivity index (χ1n) is 5.73. The van der Waals surface area contributed by atoms with Crippen molar-refractivity contribution in [1.29, 1.82) is 0 Å². The second-order valence-electron chi connectivity index (χ2n) is 4.41. The first-order chi connectivity index (χ1) is 8.56. The molecule has 1 aromatic rings. The van der Waals surface area contributed by atoms with E-state index in [1.807, 2.05) is 12.3 Å². The molecule has 0 aromatic carbocycles. The molecule has 1 unspecified atom stereocenters. The number of hydrogen-bond donors (Lipinski definition) is 2. The van der Waals surface area contributed by atoms with E-state index in [2.05, 4.69) is 10.3 Å². The topological polar surface area (TPSA) is 82.5 Å². The number of carbonyl (C=O) groups is 2. The molecule has 7 heteroatoms. The molecule has 1 atom stereocenters. The Bertz CT molecular complexity index is 429. The van der Waals surface area contributed by atoms with Crippen LogP contribution in [0.3, 0.4) is 0 Å². The van der Waals surface area contributed by atoms with Gasteiger partial charge in [-0.3, -0.25) is 4.79 Å². The van der Waals surface area contributed by atoms with Gasteiger partial charge in [0.2, 0.25) is 0 Å². The van der Waals surface area contributed by atoms with E-state index in [1.54, 1.807) is 11.1 Å². The van der Waals surface area contributed by atoms with E-state index < -0.39 is 5.97 Å². The van der Waals surface area contributed by atoms with Crippen molar-refractivity contribution in [2.75, 3.05) is 13.1 Å². The van der Waals surface area contributed by atoms with Crippen molar-refractivity contribution in [2.24, 2.45) is 5.92 Å². The molecule has 2 N–H and O–H groups in total. The molecule has 0 bridgehead atoms. The van der Waals surface area contributed by atoms with Crippen LogP contribution in [0.2, 0.25) is 0 Å². The Morgan fingerprint density at radius 2 is 2.39 bits per heavy atom. The van der Waals surface area contributed by atoms with Gasteiger partial charge < -0.3 is 15.3 Å². The molecule has 0 spiro atoms. The molecule has 0 aliphatic carbocycles. The molecule has 2 amide bonds. The van der Waals surface area contributed by atoms with E-state index in [0.29, 0.717) is 13.1 Å². The number of nitrogens with zero attached hydrogens (tertiary/aromatic N) is 2. The lowest BCUT2D eigenvalue weighted by molar-refractivity contribution is -0.139. The molecule has 98 valence electrons. The van der Waals surface area contributed by atoms with E-state index in [0.717, 1.165) is 5.01 Å². The molecule has 1 aliphatic rings. The van der Waals surface area contributed by atoms with Crippen LogP contribution in [-0.2, 0) is 4.79 Å². The van der Waals surface area contributed by atoms with Gasteiger partial charge in [-0.25, -0.2) is 9.78 Å². The van der Waals surface area contributed by atoms with E-state index in [4.69, 9.17) is 5.11 Å². The fraction of sp³-hybridized carbons (Fsp3) is 0.545. The Balaban J connectivity index is 1.75. The highest BCUT2D eigenvalue weighted by Gasteiger charge is 2.32. The Labute approximate surface area is 109 Å². The number of hydrogen-bond acceptors (Lipinski definition) is 4. The summed E-state index contributed by atoms with van der Waals surface area (Å²) in [5.74, 6) is -0.723. The maximum absolute atomic E-state index is 11.8. The zero-order chi connectivity index (χ0) is 13.1. The van der Waals surface area contributed by atoms with Crippen molar-refractivity contribution in [3.63, 3.8) is 0 Å². The smallest absolute Gasteiger partial charge is 0.317 e. The van der Waals surface area contributed by atoms with Crippen LogP contribution in [0.4, 0.5) is 4.79 Å². The van der Waals surface area contributed by atoms with Crippen molar-refractivity contribution < 1.29 is 14.7 Å². The first kappa shape index (κ1) is 12.8. The number of aromatic nitrogens is 1. The highest BCUT2D eigenvalue weighted by molar-refractivity contribution is 7.09. The average molecular weight is 269 g/mol. The van der Waals surface area contributed by atoms with Crippen LogP contribution < -0.4 is 5.32 Å². The molecule has 1 fully saturated rings. The van der Waals surface area contributed by atoms with Gasteiger partial charge in [-0.05, 0) is 6.92 Å². The summed E-state index contributed by atoms with van der Waals surface area (Å²) in [6.45, 7) is 2.91. The molecule has 1 saturated heterocycles. The zero-order valence-corrected chi connectivity index (χ0v) is 10.8. The van der Waals surface area contributed by atoms with E-state index in [-0.39, 0.29) is 24.4 Å². The van der Waals surface area contributed by atoms with Gasteiger partial charge >= 0.3 is 12.0 Å². The maximum atomic E-state index is 11.8. The number of carbonyl (C=O) groups excluding carboxylic acids is 1. The third kappa shape index (κ3) is 2.98. The standard InChI is InChI=1S/C11H15N3O3S/c1-7(10-12-2-3-18-10)13-11(17)14-5-8(6-14)4-9(15)16/h2-3,7-8H,4-6H2,1H3,(H,13,17)(H,15,16). The van der Waals surface area contributed by atoms with Crippen LogP contribution in [0.25, 0.3) is 0 Å². The van der Waals surface area contributed by atoms with Crippen LogP contribution in [0, 0.1) is 5.92 Å². The number of rotatable bonds is 4. The fourth-order valence-corrected chi connectivity index (χ4v) is 2.54. The summed E-state index contributed by atoms with van der Waals surface area (Å²) in [5.41, 5.74) is 0. The second kappa shape index (κ2) is 5.34. The Hall–Kier alpha value is -1.63. The average Bonchev–Trinajstić information content (AvgIpc) is 2.75. The summed E-state index contributed by atoms with van der Waals surface area (Å²) < 4.78 is 0. The maximum Gasteiger partial charge on any atom is 0.317 e. The molecule has 18 heavy (non-hydrogen) atoms. The minimum Gasteiger partial charge on any atom is -0.481 e. The van der Waals surface area contributed by atoms with Gasteiger partial charge in [-0.1, -0.05) is 0 Å². The molecular weight excluding hydrogens is 254 g/mol. The summed E-state index contributed by atoms with van der Waals surface area (Å²) in [6, 6.07) is -0.268. The van der Waals surface area contributed by atoms with Crippen molar-refractivity contribution in [3.8, 4) is 0 Å². The van der Waals surface area contributed by atoms with Gasteiger partial charge in [0.25, 0.3) is 0 Å². The molecule has 6 nitrogen and oxygen atoms in total. The van der Waals surface area contributed by atoms with E-state index >= 15 is 0 Å². The predicted octanol–water partition coefficient (Wildman–Crippen LogP) is 1.32. The van der Waals surface area contributed by atoms with Gasteiger partial charge in [-0.2, -0.15) is 0 Å². The molecule has 1 aliphatic heterocycles. The molecule has 1 aromatic heterocycles. The number of thiazole rings is 1. The van der Waals surface area contributed by atoms with E-state index in [9.17, 15) is 9.59 Å². The number of aliphatic carboxylic acids is 1. The van der Waals surface area contributed by atoms with Crippen LogP contribution in [0.1, 0.15) is 24.4 Å². The zero-order valence-electron chi connectivity index (χ0n) is 10.00. The Morgan fingerprint density at radius 1 is 1.67 bits per heavy atom. The minimum absolute atomic E-state index is 0.0865. The highest BCUT2D eigenvalue weighted by atomic mass is 32.1. The number of amides is 2. The fourth-order valence-electron chi connectivity index (χ4n) is 1.90. The lowest BCUT2D eigenvalue weighted by Crippen LogP contribution is -2.54. The van der Waals surface area contributed by atoms with Crippen LogP contribution >= 0.6 is 11.3 Å². The molecular formula is C11H15N3O3S.